The van der Waals surface area contributed by atoms with Crippen molar-refractivity contribution < 1.29 is 5.11 Å². The number of aromatic nitrogens is 1. The Hall–Kier alpha value is -1.18. The minimum Gasteiger partial charge on any atom is -0.391 e. The van der Waals surface area contributed by atoms with E-state index in [1.165, 1.54) is 14.7 Å². The first-order valence-electron chi connectivity index (χ1n) is 8.57. The molecule has 4 nitrogen and oxygen atoms in total. The van der Waals surface area contributed by atoms with Gasteiger partial charge in [-0.05, 0) is 58.3 Å². The molecule has 2 atom stereocenters. The minimum absolute atomic E-state index is 0.235. The van der Waals surface area contributed by atoms with Gasteiger partial charge in [0.15, 0.2) is 0 Å². The molecular formula is C19H22IN3O. The largest absolute Gasteiger partial charge is 0.391 e. The van der Waals surface area contributed by atoms with Crippen LogP contribution in [0.25, 0.3) is 0 Å². The van der Waals surface area contributed by atoms with Gasteiger partial charge >= 0.3 is 0 Å². The molecule has 1 aromatic carbocycles. The Morgan fingerprint density at radius 1 is 1.00 bits per heavy atom. The highest BCUT2D eigenvalue weighted by Crippen LogP contribution is 2.29. The number of rotatable bonds is 2. The molecule has 0 bridgehead atoms. The fraction of sp³-hybridized carbons (Fsp3) is 0.421. The molecule has 2 aromatic rings. The molecule has 1 aliphatic carbocycles. The van der Waals surface area contributed by atoms with E-state index in [2.05, 4.69) is 61.6 Å². The summed E-state index contributed by atoms with van der Waals surface area (Å²) in [5.41, 5.74) is 2.75. The van der Waals surface area contributed by atoms with Crippen molar-refractivity contribution >= 4 is 28.4 Å². The molecule has 0 amide bonds. The van der Waals surface area contributed by atoms with E-state index >= 15 is 0 Å². The molecule has 126 valence electrons. The number of pyridine rings is 1. The number of nitrogens with zero attached hydrogens (tertiary/aromatic N) is 3. The van der Waals surface area contributed by atoms with Crippen LogP contribution in [0.15, 0.2) is 42.6 Å². The number of aliphatic hydroxyl groups is 1. The third-order valence-corrected chi connectivity index (χ3v) is 6.27. The summed E-state index contributed by atoms with van der Waals surface area (Å²) < 4.78 is 1.33. The van der Waals surface area contributed by atoms with Crippen LogP contribution >= 0.6 is 22.6 Å². The maximum Gasteiger partial charge on any atom is 0.128 e. The summed E-state index contributed by atoms with van der Waals surface area (Å²) in [5, 5.41) is 10.7. The third kappa shape index (κ3) is 3.17. The Labute approximate surface area is 156 Å². The van der Waals surface area contributed by atoms with Gasteiger partial charge < -0.3 is 10.0 Å². The lowest BCUT2D eigenvalue weighted by atomic mass is 9.85. The second-order valence-electron chi connectivity index (χ2n) is 6.63. The SMILES string of the molecule is OC1Cc2cccc(I)c2CC1N1CCN(c2ccccn2)CC1. The maximum atomic E-state index is 10.7. The van der Waals surface area contributed by atoms with E-state index in [1.54, 1.807) is 0 Å². The summed E-state index contributed by atoms with van der Waals surface area (Å²) in [6.07, 6.45) is 3.32. The van der Waals surface area contributed by atoms with E-state index in [0.717, 1.165) is 44.8 Å². The Kier molecular flexibility index (Phi) is 4.74. The number of benzene rings is 1. The zero-order valence-corrected chi connectivity index (χ0v) is 15.8. The molecule has 2 aliphatic rings. The summed E-state index contributed by atoms with van der Waals surface area (Å²) in [6, 6.07) is 12.7. The second-order valence-corrected chi connectivity index (χ2v) is 7.79. The van der Waals surface area contributed by atoms with Gasteiger partial charge in [-0.1, -0.05) is 18.2 Å². The Morgan fingerprint density at radius 2 is 1.83 bits per heavy atom. The first-order valence-corrected chi connectivity index (χ1v) is 9.64. The van der Waals surface area contributed by atoms with Gasteiger partial charge in [-0.2, -0.15) is 0 Å². The Bertz CT molecular complexity index is 701. The van der Waals surface area contributed by atoms with E-state index in [0.29, 0.717) is 0 Å². The smallest absolute Gasteiger partial charge is 0.128 e. The minimum atomic E-state index is -0.267. The number of hydrogen-bond donors (Lipinski definition) is 1. The lowest BCUT2D eigenvalue weighted by Gasteiger charge is -2.43. The molecule has 1 fully saturated rings. The maximum absolute atomic E-state index is 10.7. The summed E-state index contributed by atoms with van der Waals surface area (Å²) in [5.74, 6) is 1.06. The lowest BCUT2D eigenvalue weighted by molar-refractivity contribution is 0.0393. The first kappa shape index (κ1) is 16.3. The summed E-state index contributed by atoms with van der Waals surface area (Å²) in [4.78, 5) is 9.26. The van der Waals surface area contributed by atoms with Gasteiger partial charge in [0.2, 0.25) is 0 Å². The predicted octanol–water partition coefficient (Wildman–Crippen LogP) is 2.34. The average Bonchev–Trinajstić information content (AvgIpc) is 2.62. The van der Waals surface area contributed by atoms with Gasteiger partial charge in [0.05, 0.1) is 6.10 Å². The van der Waals surface area contributed by atoms with Crippen molar-refractivity contribution in [3.05, 3.63) is 57.3 Å². The van der Waals surface area contributed by atoms with Gasteiger partial charge in [0, 0.05) is 48.4 Å². The fourth-order valence-electron chi connectivity index (χ4n) is 3.93. The van der Waals surface area contributed by atoms with Crippen molar-refractivity contribution in [2.75, 3.05) is 31.1 Å². The molecule has 0 radical (unpaired) electrons. The topological polar surface area (TPSA) is 39.6 Å². The van der Waals surface area contributed by atoms with Gasteiger partial charge in [0.1, 0.15) is 5.82 Å². The van der Waals surface area contributed by atoms with Crippen molar-refractivity contribution in [2.45, 2.75) is 25.0 Å². The molecule has 0 spiro atoms. The molecule has 1 saturated heterocycles. The highest BCUT2D eigenvalue weighted by molar-refractivity contribution is 14.1. The van der Waals surface area contributed by atoms with Crippen LogP contribution in [-0.4, -0.2) is 53.3 Å². The molecule has 0 saturated carbocycles. The molecule has 1 aliphatic heterocycles. The van der Waals surface area contributed by atoms with Crippen LogP contribution in [0.4, 0.5) is 5.82 Å². The van der Waals surface area contributed by atoms with Crippen LogP contribution in [0.5, 0.6) is 0 Å². The molecule has 5 heteroatoms. The average molecular weight is 435 g/mol. The third-order valence-electron chi connectivity index (χ3n) is 5.26. The van der Waals surface area contributed by atoms with Crippen LogP contribution in [0.2, 0.25) is 0 Å². The number of aliphatic hydroxyl groups excluding tert-OH is 1. The molecule has 2 heterocycles. The van der Waals surface area contributed by atoms with E-state index in [-0.39, 0.29) is 12.1 Å². The molecule has 1 N–H and O–H groups in total. The number of fused-ring (bicyclic) bond motifs is 1. The second kappa shape index (κ2) is 6.98. The predicted molar refractivity (Wildman–Crippen MR) is 104 cm³/mol. The lowest BCUT2D eigenvalue weighted by Crippen LogP contribution is -2.56. The Morgan fingerprint density at radius 3 is 2.58 bits per heavy atom. The highest BCUT2D eigenvalue weighted by atomic mass is 127. The first-order chi connectivity index (χ1) is 11.7. The van der Waals surface area contributed by atoms with Crippen molar-refractivity contribution in [3.63, 3.8) is 0 Å². The van der Waals surface area contributed by atoms with Crippen LogP contribution in [0, 0.1) is 3.57 Å². The molecule has 4 rings (SSSR count). The number of anilines is 1. The van der Waals surface area contributed by atoms with Gasteiger partial charge in [-0.25, -0.2) is 4.98 Å². The van der Waals surface area contributed by atoms with Crippen molar-refractivity contribution in [2.24, 2.45) is 0 Å². The standard InChI is InChI=1S/C19H22IN3O/c20-16-5-3-4-14-12-18(24)17(13-15(14)16)22-8-10-23(11-9-22)19-6-1-2-7-21-19/h1-7,17-18,24H,8-13H2. The van der Waals surface area contributed by atoms with E-state index in [4.69, 9.17) is 0 Å². The molecular weight excluding hydrogens is 413 g/mol. The number of halogens is 1. The zero-order valence-electron chi connectivity index (χ0n) is 13.6. The van der Waals surface area contributed by atoms with Gasteiger partial charge in [0.25, 0.3) is 0 Å². The van der Waals surface area contributed by atoms with Crippen LogP contribution in [0.3, 0.4) is 0 Å². The van der Waals surface area contributed by atoms with E-state index in [1.807, 2.05) is 18.3 Å². The quantitative estimate of drug-likeness (QED) is 0.736. The Balaban J connectivity index is 1.45. The molecule has 2 unspecified atom stereocenters. The fourth-order valence-corrected chi connectivity index (χ4v) is 4.70. The molecule has 24 heavy (non-hydrogen) atoms. The normalized spacial score (nSPS) is 24.7. The number of hydrogen-bond acceptors (Lipinski definition) is 4. The van der Waals surface area contributed by atoms with Crippen LogP contribution < -0.4 is 4.90 Å². The molecule has 1 aromatic heterocycles. The number of piperazine rings is 1. The van der Waals surface area contributed by atoms with E-state index in [9.17, 15) is 5.11 Å². The summed E-state index contributed by atoms with van der Waals surface area (Å²) in [6.45, 7) is 3.91. The zero-order chi connectivity index (χ0) is 16.5. The van der Waals surface area contributed by atoms with Crippen molar-refractivity contribution in [1.82, 2.24) is 9.88 Å². The van der Waals surface area contributed by atoms with E-state index < -0.39 is 0 Å². The monoisotopic (exact) mass is 435 g/mol. The van der Waals surface area contributed by atoms with Gasteiger partial charge in [-0.15, -0.1) is 0 Å². The van der Waals surface area contributed by atoms with Crippen LogP contribution in [0.1, 0.15) is 11.1 Å². The highest BCUT2D eigenvalue weighted by Gasteiger charge is 2.34. The van der Waals surface area contributed by atoms with Crippen molar-refractivity contribution in [3.8, 4) is 0 Å². The van der Waals surface area contributed by atoms with Crippen LogP contribution in [-0.2, 0) is 12.8 Å². The van der Waals surface area contributed by atoms with Gasteiger partial charge in [-0.3, -0.25) is 4.90 Å². The van der Waals surface area contributed by atoms with Crippen molar-refractivity contribution in [1.29, 1.82) is 0 Å². The summed E-state index contributed by atoms with van der Waals surface area (Å²) in [7, 11) is 0. The summed E-state index contributed by atoms with van der Waals surface area (Å²) >= 11 is 2.43.